The highest BCUT2D eigenvalue weighted by molar-refractivity contribution is 6.70. The van der Waals surface area contributed by atoms with Crippen LogP contribution in [0.1, 0.15) is 73.3 Å². The second-order valence-electron chi connectivity index (χ2n) is 19.1. The van der Waals surface area contributed by atoms with Gasteiger partial charge < -0.3 is 42.3 Å². The average Bonchev–Trinajstić information content (AvgIpc) is 3.52. The van der Waals surface area contributed by atoms with E-state index in [0.29, 0.717) is 12.8 Å². The third-order valence-electron chi connectivity index (χ3n) is 11.6. The van der Waals surface area contributed by atoms with Crippen molar-refractivity contribution in [2.75, 3.05) is 20.7 Å². The van der Waals surface area contributed by atoms with Gasteiger partial charge in [-0.05, 0) is 112 Å². The number of hydrogen-bond donors (Lipinski definition) is 0. The van der Waals surface area contributed by atoms with Gasteiger partial charge in [-0.15, -0.1) is 0 Å². The van der Waals surface area contributed by atoms with Crippen molar-refractivity contribution in [2.24, 2.45) is 22.9 Å². The Labute approximate surface area is 333 Å². The largest absolute Gasteiger partial charge is 0.459 e. The number of cyclic esters (lactones) is 1. The number of fused-ring (bicyclic) bond motifs is 2. The highest BCUT2D eigenvalue weighted by atomic mass is 28.4. The summed E-state index contributed by atoms with van der Waals surface area (Å²) in [5, 5.41) is 4.32. The molecule has 310 valence electrons. The summed E-state index contributed by atoms with van der Waals surface area (Å²) in [7, 11) is -0.0894. The van der Waals surface area contributed by atoms with Gasteiger partial charge in [-0.2, -0.15) is 0 Å². The zero-order chi connectivity index (χ0) is 40.7. The lowest BCUT2D eigenvalue weighted by molar-refractivity contribution is -0.326. The zero-order valence-electron chi connectivity index (χ0n) is 36.2. The van der Waals surface area contributed by atoms with Crippen LogP contribution in [-0.2, 0) is 42.2 Å². The predicted molar refractivity (Wildman–Crippen MR) is 220 cm³/mol. The van der Waals surface area contributed by atoms with Crippen molar-refractivity contribution >= 4 is 28.8 Å². The zero-order valence-corrected chi connectivity index (χ0v) is 38.2. The minimum atomic E-state index is -2.21. The molecule has 55 heavy (non-hydrogen) atoms. The van der Waals surface area contributed by atoms with Crippen LogP contribution in [0, 0.1) is 17.8 Å². The first kappa shape index (κ1) is 44.2. The van der Waals surface area contributed by atoms with Crippen LogP contribution in [0.2, 0.25) is 39.3 Å². The Morgan fingerprint density at radius 1 is 0.945 bits per heavy atom. The smallest absolute Gasteiger partial charge is 0.311 e. The third-order valence-corrected chi connectivity index (χ3v) is 13.5. The van der Waals surface area contributed by atoms with Crippen LogP contribution in [0.25, 0.3) is 0 Å². The molecule has 1 aromatic rings. The van der Waals surface area contributed by atoms with E-state index in [-0.39, 0.29) is 42.7 Å². The van der Waals surface area contributed by atoms with Gasteiger partial charge in [-0.3, -0.25) is 4.79 Å². The molecule has 0 amide bonds. The van der Waals surface area contributed by atoms with Gasteiger partial charge in [0.05, 0.1) is 36.0 Å². The Balaban J connectivity index is 1.62. The van der Waals surface area contributed by atoms with Crippen LogP contribution in [0.15, 0.2) is 47.1 Å². The topological polar surface area (TPSA) is 107 Å². The van der Waals surface area contributed by atoms with Crippen molar-refractivity contribution in [3.63, 3.8) is 0 Å². The monoisotopic (exact) mass is 802 g/mol. The van der Waals surface area contributed by atoms with Gasteiger partial charge in [-0.25, -0.2) is 0 Å². The number of nitrogens with zero attached hydrogens (tertiary/aromatic N) is 2. The van der Waals surface area contributed by atoms with Crippen molar-refractivity contribution < 1.29 is 42.2 Å². The number of carbonyl (C=O) groups is 1. The lowest BCUT2D eigenvalue weighted by Crippen LogP contribution is -2.62. The van der Waals surface area contributed by atoms with E-state index in [4.69, 9.17) is 37.4 Å². The van der Waals surface area contributed by atoms with Crippen LogP contribution in [-0.4, -0.2) is 114 Å². The van der Waals surface area contributed by atoms with Crippen LogP contribution in [0.3, 0.4) is 0 Å². The number of ether oxygens (including phenoxy) is 5. The van der Waals surface area contributed by atoms with Crippen molar-refractivity contribution in [2.45, 2.75) is 167 Å². The summed E-state index contributed by atoms with van der Waals surface area (Å²) >= 11 is 0. The summed E-state index contributed by atoms with van der Waals surface area (Å²) in [5.74, 6) is -2.60. The molecule has 13 heteroatoms. The van der Waals surface area contributed by atoms with Crippen LogP contribution in [0.5, 0.6) is 0 Å². The molecule has 3 saturated heterocycles. The normalized spacial score (nSPS) is 40.1. The first-order valence-electron chi connectivity index (χ1n) is 20.4. The van der Waals surface area contributed by atoms with Gasteiger partial charge >= 0.3 is 5.97 Å². The number of hydrogen-bond acceptors (Lipinski definition) is 11. The highest BCUT2D eigenvalue weighted by Gasteiger charge is 2.66. The summed E-state index contributed by atoms with van der Waals surface area (Å²) in [5.41, 5.74) is -0.185. The van der Waals surface area contributed by atoms with Gasteiger partial charge in [-0.1, -0.05) is 56.3 Å². The minimum absolute atomic E-state index is 0.0699. The molecule has 3 unspecified atom stereocenters. The standard InChI is InChI=1S/C42H70N2O9Si2/c1-16-34-40(6)24-32(26-46-43-25-31-20-18-17-19-21-31)42(52-40)27(2)23-41(7,53-42)37(29(4)35(50-54(10,11)12)30(5)38(45)48-34)49-39-36(51-55(13,14)15)33(44(8)9)22-28(3)47-39/h17-21,24-25,27-30,33-37,39H,16,22-23,26H2,1-15H3/t27-,28-,29+,30-,33+,34-,35+,36-,37-,39?,40?,41-,42?/m1/s1. The maximum atomic E-state index is 14.3. The maximum absolute atomic E-state index is 14.3. The number of oxime groups is 1. The Morgan fingerprint density at radius 2 is 1.58 bits per heavy atom. The number of benzene rings is 1. The highest BCUT2D eigenvalue weighted by Crippen LogP contribution is 2.57. The molecule has 1 spiro atoms. The molecule has 1 aromatic carbocycles. The van der Waals surface area contributed by atoms with E-state index >= 15 is 0 Å². The number of esters is 1. The molecule has 4 heterocycles. The Hall–Kier alpha value is -1.95. The first-order valence-corrected chi connectivity index (χ1v) is 27.2. The van der Waals surface area contributed by atoms with Gasteiger partial charge in [0, 0.05) is 23.5 Å². The van der Waals surface area contributed by atoms with E-state index in [2.05, 4.69) is 91.1 Å². The van der Waals surface area contributed by atoms with E-state index in [1.54, 1.807) is 6.21 Å². The second-order valence-corrected chi connectivity index (χ2v) is 28.0. The fraction of sp³-hybridized carbons (Fsp3) is 0.762. The Morgan fingerprint density at radius 3 is 2.18 bits per heavy atom. The van der Waals surface area contributed by atoms with Crippen LogP contribution in [0.4, 0.5) is 0 Å². The van der Waals surface area contributed by atoms with E-state index in [0.717, 1.165) is 17.6 Å². The molecule has 0 aliphatic carbocycles. The predicted octanol–water partition coefficient (Wildman–Crippen LogP) is 7.76. The second kappa shape index (κ2) is 16.7. The number of carbonyl (C=O) groups excluding carboxylic acids is 1. The molecular formula is C42H70N2O9Si2. The molecule has 0 N–H and O–H groups in total. The van der Waals surface area contributed by atoms with Crippen LogP contribution >= 0.6 is 0 Å². The fourth-order valence-corrected chi connectivity index (χ4v) is 11.5. The summed E-state index contributed by atoms with van der Waals surface area (Å²) in [6.07, 6.45) is 2.86. The molecule has 3 bridgehead atoms. The molecule has 11 nitrogen and oxygen atoms in total. The van der Waals surface area contributed by atoms with Crippen molar-refractivity contribution in [3.05, 3.63) is 47.5 Å². The fourth-order valence-electron chi connectivity index (χ4n) is 9.20. The third kappa shape index (κ3) is 9.85. The molecule has 0 aromatic heterocycles. The van der Waals surface area contributed by atoms with Crippen molar-refractivity contribution in [1.29, 1.82) is 0 Å². The van der Waals surface area contributed by atoms with E-state index < -0.39 is 64.1 Å². The summed E-state index contributed by atoms with van der Waals surface area (Å²) < 4.78 is 49.1. The SMILES string of the molecule is CC[C@H]1OC(=O)[C@H](C)[C@@H](O[Si](C)(C)C)[C@H](C)[C@@H](OC2O[C@H](C)C[C@H](N(C)C)[C@H]2O[Si](C)(C)C)[C@@]2(C)C[C@@H](C)C3(OC1(C)C=C3CON=Cc1ccccc1)O2. The summed E-state index contributed by atoms with van der Waals surface area (Å²) in [6.45, 7) is 27.6. The molecule has 3 fully saturated rings. The molecule has 0 saturated carbocycles. The van der Waals surface area contributed by atoms with E-state index in [9.17, 15) is 4.79 Å². The first-order chi connectivity index (χ1) is 25.5. The summed E-state index contributed by atoms with van der Waals surface area (Å²) in [4.78, 5) is 22.6. The lowest BCUT2D eigenvalue weighted by atomic mass is 9.78. The van der Waals surface area contributed by atoms with Crippen molar-refractivity contribution in [1.82, 2.24) is 4.90 Å². The molecule has 4 aliphatic rings. The van der Waals surface area contributed by atoms with E-state index in [1.165, 1.54) is 0 Å². The average molecular weight is 803 g/mol. The maximum Gasteiger partial charge on any atom is 0.311 e. The molecular weight excluding hydrogens is 733 g/mol. The molecule has 13 atom stereocenters. The lowest BCUT2D eigenvalue weighted by Gasteiger charge is -2.50. The summed E-state index contributed by atoms with van der Waals surface area (Å²) in [6, 6.07) is 9.89. The quantitative estimate of drug-likeness (QED) is 0.0685. The van der Waals surface area contributed by atoms with E-state index in [1.807, 2.05) is 57.2 Å². The number of likely N-dealkylation sites (N-methyl/N-ethyl adjacent to an activating group) is 1. The molecule has 0 radical (unpaired) electrons. The molecule has 4 aliphatic heterocycles. The Kier molecular flexibility index (Phi) is 13.4. The van der Waals surface area contributed by atoms with Gasteiger partial charge in [0.25, 0.3) is 0 Å². The minimum Gasteiger partial charge on any atom is -0.459 e. The van der Waals surface area contributed by atoms with Gasteiger partial charge in [0.1, 0.15) is 24.4 Å². The van der Waals surface area contributed by atoms with Crippen LogP contribution < -0.4 is 0 Å². The van der Waals surface area contributed by atoms with Gasteiger partial charge in [0.15, 0.2) is 28.7 Å². The van der Waals surface area contributed by atoms with Gasteiger partial charge in [0.2, 0.25) is 0 Å². The molecule has 5 rings (SSSR count). The Bertz CT molecular complexity index is 1530. The van der Waals surface area contributed by atoms with Crippen molar-refractivity contribution in [3.8, 4) is 0 Å². The number of rotatable bonds is 12.